The van der Waals surface area contributed by atoms with Gasteiger partial charge in [0.1, 0.15) is 12.1 Å². The van der Waals surface area contributed by atoms with Crippen LogP contribution >= 0.6 is 31.9 Å². The van der Waals surface area contributed by atoms with Gasteiger partial charge in [-0.2, -0.15) is 0 Å². The third-order valence-electron chi connectivity index (χ3n) is 24.9. The number of ketones is 3. The second-order valence-corrected chi connectivity index (χ2v) is 34.1. The number of hydrogen-bond acceptors (Lipinski definition) is 18. The number of hydrogen-bond donors (Lipinski definition) is 2. The lowest BCUT2D eigenvalue weighted by Crippen LogP contribution is -2.33. The van der Waals surface area contributed by atoms with E-state index in [1.165, 1.54) is 68.1 Å². The Hall–Kier alpha value is -11.0. The van der Waals surface area contributed by atoms with Crippen molar-refractivity contribution >= 4 is 67.4 Å². The van der Waals surface area contributed by atoms with Gasteiger partial charge in [-0.25, -0.2) is 19.9 Å². The maximum atomic E-state index is 12.2. The van der Waals surface area contributed by atoms with Crippen molar-refractivity contribution in [1.82, 2.24) is 19.9 Å². The van der Waals surface area contributed by atoms with Crippen molar-refractivity contribution in [3.05, 3.63) is 272 Å². The van der Waals surface area contributed by atoms with E-state index in [4.69, 9.17) is 49.4 Å². The molecule has 2 heterocycles. The molecule has 0 amide bonds. The molecule has 8 aromatic carbocycles. The molecule has 20 heteroatoms. The van der Waals surface area contributed by atoms with Gasteiger partial charge in [-0.05, 0) is 269 Å². The number of methoxy groups -OCH3 is 4. The third-order valence-corrected chi connectivity index (χ3v) is 25.9. The number of nitrogen functional groups attached to an aromatic ring is 2. The Bertz CT molecular complexity index is 5210. The molecule has 3 unspecified atom stereocenters. The van der Waals surface area contributed by atoms with Crippen LogP contribution in [0.3, 0.4) is 0 Å². The van der Waals surface area contributed by atoms with Gasteiger partial charge in [0, 0.05) is 86.8 Å². The number of aromatic nitrogens is 4. The summed E-state index contributed by atoms with van der Waals surface area (Å²) in [4.78, 5) is 64.4. The summed E-state index contributed by atoms with van der Waals surface area (Å²) in [6.07, 6.45) is 40.0. The van der Waals surface area contributed by atoms with Gasteiger partial charge >= 0.3 is 0 Å². The zero-order chi connectivity index (χ0) is 83.6. The zero-order valence-corrected chi connectivity index (χ0v) is 72.0. The van der Waals surface area contributed by atoms with E-state index in [-0.39, 0.29) is 64.6 Å². The lowest BCUT2D eigenvalue weighted by Gasteiger charge is -2.38. The average molecular weight is 1740 g/mol. The molecule has 7 aliphatic carbocycles. The maximum Gasteiger partial charge on any atom is 0.219 e. The number of carbonyl (C=O) groups excluding carboxylic acids is 4. The van der Waals surface area contributed by atoms with Crippen LogP contribution in [-0.4, -0.2) is 96.4 Å². The summed E-state index contributed by atoms with van der Waals surface area (Å²) in [7, 11) is 6.68. The van der Waals surface area contributed by atoms with Crippen LogP contribution in [0.15, 0.2) is 228 Å². The predicted octanol–water partition coefficient (Wildman–Crippen LogP) is 21.8. The number of halogens is 2. The van der Waals surface area contributed by atoms with Crippen LogP contribution < -0.4 is 49.4 Å². The first-order valence-corrected chi connectivity index (χ1v) is 43.7. The fourth-order valence-electron chi connectivity index (χ4n) is 18.0. The number of anilines is 2. The summed E-state index contributed by atoms with van der Waals surface area (Å²) >= 11 is 6.95. The van der Waals surface area contributed by atoms with E-state index in [2.05, 4.69) is 167 Å². The van der Waals surface area contributed by atoms with E-state index in [9.17, 15) is 19.2 Å². The molecule has 5 saturated carbocycles. The first-order valence-electron chi connectivity index (χ1n) is 42.2. The summed E-state index contributed by atoms with van der Waals surface area (Å²) in [6, 6.07) is 57.5. The van der Waals surface area contributed by atoms with Crippen molar-refractivity contribution in [2.24, 2.45) is 0 Å². The largest absolute Gasteiger partial charge is 0.493 e. The van der Waals surface area contributed by atoms with Crippen LogP contribution in [0.25, 0.3) is 22.3 Å². The minimum absolute atomic E-state index is 0.155. The molecule has 5 fully saturated rings. The van der Waals surface area contributed by atoms with E-state index < -0.39 is 5.41 Å². The Labute approximate surface area is 720 Å². The van der Waals surface area contributed by atoms with Crippen molar-refractivity contribution in [2.45, 2.75) is 201 Å². The molecule has 0 spiro atoms. The van der Waals surface area contributed by atoms with Crippen LogP contribution in [0, 0.1) is 0 Å². The molecule has 4 N–H and O–H groups in total. The second-order valence-electron chi connectivity index (χ2n) is 32.3. The van der Waals surface area contributed by atoms with E-state index in [1.54, 1.807) is 65.4 Å². The minimum Gasteiger partial charge on any atom is -0.493 e. The lowest BCUT2D eigenvalue weighted by molar-refractivity contribution is -0.121. The quantitative estimate of drug-likeness (QED) is 0.0565. The normalized spacial score (nSPS) is 19.3. The highest BCUT2D eigenvalue weighted by Crippen LogP contribution is 2.50. The molecular weight excluding hydrogens is 1640 g/mol. The lowest BCUT2D eigenvalue weighted by atomic mass is 9.65. The molecule has 0 aliphatic heterocycles. The van der Waals surface area contributed by atoms with Crippen molar-refractivity contribution in [2.75, 3.05) is 39.9 Å². The topological polar surface area (TPSA) is 246 Å². The molecule has 2 aromatic heterocycles. The minimum atomic E-state index is -0.426. The molecule has 17 rings (SSSR count). The van der Waals surface area contributed by atoms with Crippen molar-refractivity contribution in [1.29, 1.82) is 0 Å². The van der Waals surface area contributed by atoms with Gasteiger partial charge in [0.05, 0.1) is 58.8 Å². The number of Topliss-reactive ketones (excluding diaryl/α,β-unsaturated/α-hetero) is 1. The summed E-state index contributed by atoms with van der Waals surface area (Å²) < 4.78 is 49.5. The molecule has 7 aliphatic rings. The average Bonchev–Trinajstić information content (AvgIpc) is 0.948. The van der Waals surface area contributed by atoms with Gasteiger partial charge in [-0.1, -0.05) is 141 Å². The van der Waals surface area contributed by atoms with E-state index in [1.807, 2.05) is 66.7 Å². The van der Waals surface area contributed by atoms with E-state index >= 15 is 0 Å². The molecule has 120 heavy (non-hydrogen) atoms. The molecule has 0 bridgehead atoms. The highest BCUT2D eigenvalue weighted by molar-refractivity contribution is 9.10. The van der Waals surface area contributed by atoms with Crippen molar-refractivity contribution in [3.63, 3.8) is 0 Å². The maximum absolute atomic E-state index is 12.2. The van der Waals surface area contributed by atoms with Crippen LogP contribution in [0.1, 0.15) is 205 Å². The molecule has 622 valence electrons. The molecule has 0 saturated heterocycles. The number of benzene rings is 8. The summed E-state index contributed by atoms with van der Waals surface area (Å²) in [6.45, 7) is 0. The van der Waals surface area contributed by atoms with Crippen LogP contribution in [-0.2, 0) is 35.4 Å². The fraction of sp³-hybridized carbons (Fsp3) is 0.360. The summed E-state index contributed by atoms with van der Waals surface area (Å²) in [5.41, 5.74) is 22.9. The third kappa shape index (κ3) is 20.4. The van der Waals surface area contributed by atoms with Gasteiger partial charge in [-0.3, -0.25) is 14.4 Å². The monoisotopic (exact) mass is 1740 g/mol. The number of allylic oxidation sites excluding steroid dienone is 4. The van der Waals surface area contributed by atoms with Crippen molar-refractivity contribution < 1.29 is 57.1 Å². The highest BCUT2D eigenvalue weighted by Gasteiger charge is 2.41. The molecule has 18 nitrogen and oxygen atoms in total. The number of carbonyl (C=O) groups is 4. The molecule has 10 aromatic rings. The first kappa shape index (κ1) is 85.5. The number of nitrogens with two attached hydrogens (primary N) is 2. The Kier molecular flexibility index (Phi) is 28.4. The second kappa shape index (κ2) is 39.9. The Morgan fingerprint density at radius 1 is 0.358 bits per heavy atom. The van der Waals surface area contributed by atoms with Crippen LogP contribution in [0.5, 0.6) is 46.0 Å². The Balaban J connectivity index is 0.000000132. The van der Waals surface area contributed by atoms with Gasteiger partial charge in [0.15, 0.2) is 57.6 Å². The predicted molar refractivity (Wildman–Crippen MR) is 476 cm³/mol. The molecular formula is C100H106Br2N6O12. The Morgan fingerprint density at radius 3 is 1.03 bits per heavy atom. The van der Waals surface area contributed by atoms with Crippen LogP contribution in [0.2, 0.25) is 0 Å². The smallest absolute Gasteiger partial charge is 0.219 e. The van der Waals surface area contributed by atoms with Gasteiger partial charge < -0.3 is 54.2 Å². The number of rotatable bonds is 23. The van der Waals surface area contributed by atoms with Gasteiger partial charge in [-0.15, -0.1) is 0 Å². The standard InChI is InChI=1S/C28H31N3O3.C28H29N3O3.C24H25BrO3.C20H21BrO3/c2*1-33-25-11-10-22(16-26(25)34-24-4-2-3-5-24)28(14-12-23(32)13-15-28)21-8-6-19(7-9-21)20-17-30-27(29)31-18-20;1-27-22-11-8-18(16-23(22)28-21-4-2-3-5-21)24(14-12-20(26)13-15-24)17-6-9-19(25)10-7-17;1-23-19-11-8-15(12-20(19)24-17-4-2-3-5-17)18(13-22)14-6-9-16(21)10-7-14/h6-11,16-18,24H,2-5,12-15H2,1H3,(H2,29,30,31);6-12,14,16-18,24H,2-5,13,15H2,1H3,(H2,29,30,31);6-12,14,16,21H,2-5,13,15H2,1H3;6-13,17-18H,2-5H2,1H3. The number of ether oxygens (including phenoxy) is 8. The van der Waals surface area contributed by atoms with Crippen LogP contribution in [0.4, 0.5) is 11.9 Å². The molecule has 3 atom stereocenters. The van der Waals surface area contributed by atoms with Gasteiger partial charge in [0.25, 0.3) is 0 Å². The zero-order valence-electron chi connectivity index (χ0n) is 68.8. The summed E-state index contributed by atoms with van der Waals surface area (Å²) in [5.74, 6) is 6.96. The fourth-order valence-corrected chi connectivity index (χ4v) is 18.5. The summed E-state index contributed by atoms with van der Waals surface area (Å²) in [5, 5.41) is 0. The molecule has 0 radical (unpaired) electrons. The highest BCUT2D eigenvalue weighted by atomic mass is 79.9. The number of nitrogens with zero attached hydrogens (tertiary/aromatic N) is 4. The van der Waals surface area contributed by atoms with E-state index in [0.717, 1.165) is 176 Å². The van der Waals surface area contributed by atoms with Gasteiger partial charge in [0.2, 0.25) is 11.9 Å². The Morgan fingerprint density at radius 2 is 0.675 bits per heavy atom. The number of aldehydes is 1. The SMILES string of the molecule is COc1ccc(C(C=O)c2ccc(Br)cc2)cc1OC1CCCC1.COc1ccc(C2(c3ccc(-c4cnc(N)nc4)cc3)C=CC(=O)CC2)cc1OC1CCCC1.COc1ccc(C2(c3ccc(-c4cnc(N)nc4)cc3)CCC(=O)CC2)cc1OC1CCCC1.COc1ccc(C2(c3ccc(Br)cc3)C=CC(=O)CC2)cc1OC1CCCC1. The first-order chi connectivity index (χ1) is 58.4. The van der Waals surface area contributed by atoms with Crippen molar-refractivity contribution in [3.8, 4) is 68.2 Å². The van der Waals surface area contributed by atoms with E-state index in [0.29, 0.717) is 43.6 Å².